The largest absolute Gasteiger partial charge is 0.353 e. The van der Waals surface area contributed by atoms with E-state index in [1.807, 2.05) is 36.2 Å². The lowest BCUT2D eigenvalue weighted by Gasteiger charge is -2.35. The second-order valence-electron chi connectivity index (χ2n) is 7.54. The number of piperazine rings is 1. The molecule has 4 rings (SSSR count). The molecule has 0 aromatic carbocycles. The fourth-order valence-corrected chi connectivity index (χ4v) is 5.11. The van der Waals surface area contributed by atoms with Crippen LogP contribution in [0.2, 0.25) is 0 Å². The van der Waals surface area contributed by atoms with E-state index in [9.17, 15) is 4.79 Å². The highest BCUT2D eigenvalue weighted by Gasteiger charge is 2.24. The van der Waals surface area contributed by atoms with Gasteiger partial charge in [0.25, 0.3) is 0 Å². The van der Waals surface area contributed by atoms with Crippen LogP contribution in [0.25, 0.3) is 0 Å². The zero-order chi connectivity index (χ0) is 19.3. The van der Waals surface area contributed by atoms with E-state index in [-0.39, 0.29) is 5.91 Å². The molecule has 0 atom stereocenters. The van der Waals surface area contributed by atoms with Crippen LogP contribution in [-0.2, 0) is 4.79 Å². The summed E-state index contributed by atoms with van der Waals surface area (Å²) in [6.45, 7) is 5.15. The van der Waals surface area contributed by atoms with Crippen LogP contribution in [0.3, 0.4) is 0 Å². The number of hydrogen-bond acceptors (Lipinski definition) is 6. The zero-order valence-corrected chi connectivity index (χ0v) is 17.3. The molecule has 0 spiro atoms. The van der Waals surface area contributed by atoms with Crippen LogP contribution >= 0.6 is 11.8 Å². The van der Waals surface area contributed by atoms with E-state index in [0.29, 0.717) is 11.8 Å². The molecule has 28 heavy (non-hydrogen) atoms. The minimum atomic E-state index is 0.182. The van der Waals surface area contributed by atoms with Gasteiger partial charge in [0.05, 0.1) is 5.75 Å². The molecule has 1 aliphatic heterocycles. The third kappa shape index (κ3) is 4.32. The number of carbonyl (C=O) groups is 1. The number of rotatable bonds is 5. The number of amides is 1. The number of hydrogen-bond donors (Lipinski definition) is 0. The second kappa shape index (κ2) is 8.94. The van der Waals surface area contributed by atoms with Crippen molar-refractivity contribution in [3.05, 3.63) is 30.2 Å². The molecular formula is C20H28N6OS. The van der Waals surface area contributed by atoms with Crippen molar-refractivity contribution in [2.75, 3.05) is 36.8 Å². The summed E-state index contributed by atoms with van der Waals surface area (Å²) in [6, 6.07) is 6.44. The third-order valence-corrected chi connectivity index (χ3v) is 6.63. The fourth-order valence-electron chi connectivity index (χ4n) is 4.15. The van der Waals surface area contributed by atoms with Crippen LogP contribution in [0, 0.1) is 6.92 Å². The maximum Gasteiger partial charge on any atom is 0.233 e. The highest BCUT2D eigenvalue weighted by atomic mass is 32.2. The SMILES string of the molecule is Cc1nnc(SCC(=O)N2CCN(c3ccccn3)CC2)n1C1CCCCC1. The molecular weight excluding hydrogens is 372 g/mol. The van der Waals surface area contributed by atoms with Crippen molar-refractivity contribution in [1.82, 2.24) is 24.6 Å². The van der Waals surface area contributed by atoms with E-state index in [0.717, 1.165) is 43.0 Å². The average molecular weight is 401 g/mol. The van der Waals surface area contributed by atoms with Gasteiger partial charge in [0.15, 0.2) is 5.16 Å². The van der Waals surface area contributed by atoms with Gasteiger partial charge in [0, 0.05) is 38.4 Å². The van der Waals surface area contributed by atoms with Crippen molar-refractivity contribution in [2.24, 2.45) is 0 Å². The Morgan fingerprint density at radius 3 is 2.61 bits per heavy atom. The minimum absolute atomic E-state index is 0.182. The highest BCUT2D eigenvalue weighted by Crippen LogP contribution is 2.32. The van der Waals surface area contributed by atoms with Gasteiger partial charge < -0.3 is 14.4 Å². The molecule has 8 heteroatoms. The van der Waals surface area contributed by atoms with Gasteiger partial charge in [0.1, 0.15) is 11.6 Å². The van der Waals surface area contributed by atoms with E-state index in [1.165, 1.54) is 43.9 Å². The smallest absolute Gasteiger partial charge is 0.233 e. The molecule has 0 radical (unpaired) electrons. The van der Waals surface area contributed by atoms with Crippen molar-refractivity contribution >= 4 is 23.5 Å². The van der Waals surface area contributed by atoms with E-state index < -0.39 is 0 Å². The summed E-state index contributed by atoms with van der Waals surface area (Å²) in [4.78, 5) is 21.3. The Morgan fingerprint density at radius 1 is 1.11 bits per heavy atom. The molecule has 1 amide bonds. The predicted octanol–water partition coefficient (Wildman–Crippen LogP) is 2.93. The number of carbonyl (C=O) groups excluding carboxylic acids is 1. The summed E-state index contributed by atoms with van der Waals surface area (Å²) in [5.41, 5.74) is 0. The Balaban J connectivity index is 1.31. The second-order valence-corrected chi connectivity index (χ2v) is 8.48. The molecule has 1 saturated carbocycles. The number of aryl methyl sites for hydroxylation is 1. The molecule has 2 fully saturated rings. The standard InChI is InChI=1S/C20H28N6OS/c1-16-22-23-20(26(16)17-7-3-2-4-8-17)28-15-19(27)25-13-11-24(12-14-25)18-9-5-6-10-21-18/h5-6,9-10,17H,2-4,7-8,11-15H2,1H3. The van der Waals surface area contributed by atoms with Gasteiger partial charge >= 0.3 is 0 Å². The normalized spacial score (nSPS) is 18.5. The molecule has 150 valence electrons. The molecule has 0 N–H and O–H groups in total. The van der Waals surface area contributed by atoms with Crippen molar-refractivity contribution in [2.45, 2.75) is 50.2 Å². The van der Waals surface area contributed by atoms with E-state index >= 15 is 0 Å². The number of anilines is 1. The number of pyridine rings is 1. The highest BCUT2D eigenvalue weighted by molar-refractivity contribution is 7.99. The van der Waals surface area contributed by atoms with Gasteiger partial charge in [-0.15, -0.1) is 10.2 Å². The van der Waals surface area contributed by atoms with Crippen LogP contribution in [0.15, 0.2) is 29.6 Å². The van der Waals surface area contributed by atoms with Crippen LogP contribution in [0.4, 0.5) is 5.82 Å². The Morgan fingerprint density at radius 2 is 1.89 bits per heavy atom. The molecule has 7 nitrogen and oxygen atoms in total. The summed E-state index contributed by atoms with van der Waals surface area (Å²) < 4.78 is 2.26. The number of thioether (sulfide) groups is 1. The maximum atomic E-state index is 12.7. The first kappa shape index (κ1) is 19.2. The maximum absolute atomic E-state index is 12.7. The van der Waals surface area contributed by atoms with Crippen molar-refractivity contribution in [3.63, 3.8) is 0 Å². The van der Waals surface area contributed by atoms with Gasteiger partial charge in [-0.05, 0) is 31.9 Å². The first-order valence-corrected chi connectivity index (χ1v) is 11.2. The number of nitrogens with zero attached hydrogens (tertiary/aromatic N) is 6. The Bertz CT molecular complexity index is 781. The molecule has 2 aromatic rings. The first-order chi connectivity index (χ1) is 13.7. The van der Waals surface area contributed by atoms with Crippen LogP contribution in [0.5, 0.6) is 0 Å². The first-order valence-electron chi connectivity index (χ1n) is 10.2. The summed E-state index contributed by atoms with van der Waals surface area (Å²) in [5, 5.41) is 9.52. The zero-order valence-electron chi connectivity index (χ0n) is 16.5. The fraction of sp³-hybridized carbons (Fsp3) is 0.600. The Hall–Kier alpha value is -2.09. The van der Waals surface area contributed by atoms with Crippen LogP contribution < -0.4 is 4.90 Å². The molecule has 3 heterocycles. The van der Waals surface area contributed by atoms with Gasteiger partial charge in [-0.1, -0.05) is 37.1 Å². The van der Waals surface area contributed by atoms with E-state index in [1.54, 1.807) is 0 Å². The summed E-state index contributed by atoms with van der Waals surface area (Å²) in [7, 11) is 0. The number of aromatic nitrogens is 4. The van der Waals surface area contributed by atoms with Gasteiger partial charge in [-0.25, -0.2) is 4.98 Å². The lowest BCUT2D eigenvalue weighted by molar-refractivity contribution is -0.128. The predicted molar refractivity (Wildman–Crippen MR) is 111 cm³/mol. The summed E-state index contributed by atoms with van der Waals surface area (Å²) >= 11 is 1.53. The average Bonchev–Trinajstić information content (AvgIpc) is 3.13. The van der Waals surface area contributed by atoms with Gasteiger partial charge in [0.2, 0.25) is 5.91 Å². The lowest BCUT2D eigenvalue weighted by atomic mass is 9.95. The Kier molecular flexibility index (Phi) is 6.14. The molecule has 2 aromatic heterocycles. The van der Waals surface area contributed by atoms with Crippen LogP contribution in [0.1, 0.15) is 44.0 Å². The third-order valence-electron chi connectivity index (χ3n) is 5.71. The molecule has 2 aliphatic rings. The molecule has 0 unspecified atom stereocenters. The van der Waals surface area contributed by atoms with Crippen molar-refractivity contribution in [1.29, 1.82) is 0 Å². The lowest BCUT2D eigenvalue weighted by Crippen LogP contribution is -2.49. The van der Waals surface area contributed by atoms with Crippen molar-refractivity contribution in [3.8, 4) is 0 Å². The summed E-state index contributed by atoms with van der Waals surface area (Å²) in [5.74, 6) is 2.56. The van der Waals surface area contributed by atoms with Gasteiger partial charge in [-0.3, -0.25) is 4.79 Å². The monoisotopic (exact) mass is 400 g/mol. The molecule has 1 saturated heterocycles. The van der Waals surface area contributed by atoms with E-state index in [2.05, 4.69) is 24.6 Å². The van der Waals surface area contributed by atoms with Crippen LogP contribution in [-0.4, -0.2) is 62.5 Å². The molecule has 0 bridgehead atoms. The quantitative estimate of drug-likeness (QED) is 0.719. The van der Waals surface area contributed by atoms with Gasteiger partial charge in [-0.2, -0.15) is 0 Å². The molecule has 1 aliphatic carbocycles. The van der Waals surface area contributed by atoms with Crippen molar-refractivity contribution < 1.29 is 4.79 Å². The van der Waals surface area contributed by atoms with E-state index in [4.69, 9.17) is 0 Å². The topological polar surface area (TPSA) is 67.2 Å². The summed E-state index contributed by atoms with van der Waals surface area (Å²) in [6.07, 6.45) is 8.06. The Labute approximate surface area is 170 Å². The minimum Gasteiger partial charge on any atom is -0.353 e.